The van der Waals surface area contributed by atoms with Crippen LogP contribution in [0, 0.1) is 0 Å². The van der Waals surface area contributed by atoms with Gasteiger partial charge in [-0.15, -0.1) is 0 Å². The molecule has 0 aromatic carbocycles. The molecule has 0 aliphatic rings. The fourth-order valence-corrected chi connectivity index (χ4v) is 6.26. The highest BCUT2D eigenvalue weighted by molar-refractivity contribution is 7.45. The van der Waals surface area contributed by atoms with Gasteiger partial charge in [0, 0.05) is 6.61 Å². The van der Waals surface area contributed by atoms with Crippen LogP contribution in [-0.2, 0) is 27.9 Å². The summed E-state index contributed by atoms with van der Waals surface area (Å²) in [7, 11) is 1.27. The number of nitrogens with zero attached hydrogens (tertiary/aromatic N) is 1. The lowest BCUT2D eigenvalue weighted by atomic mass is 10.1. The fourth-order valence-electron chi connectivity index (χ4n) is 5.53. The Labute approximate surface area is 373 Å². The highest BCUT2D eigenvalue weighted by Crippen LogP contribution is 2.38. The largest absolute Gasteiger partial charge is 0.756 e. The Balaban J connectivity index is 4.31. The van der Waals surface area contributed by atoms with E-state index in [2.05, 4.69) is 123 Å². The number of quaternary nitrogens is 1. The maximum absolute atomic E-state index is 12.6. The number of esters is 1. The Hall–Kier alpha value is -3.10. The van der Waals surface area contributed by atoms with E-state index >= 15 is 0 Å². The molecular weight excluding hydrogens is 782 g/mol. The summed E-state index contributed by atoms with van der Waals surface area (Å²) in [6.07, 6.45) is 62.5. The zero-order chi connectivity index (χ0) is 44.8. The highest BCUT2D eigenvalue weighted by atomic mass is 31.2. The van der Waals surface area contributed by atoms with Crippen LogP contribution < -0.4 is 4.89 Å². The molecule has 0 aliphatic carbocycles. The van der Waals surface area contributed by atoms with Crippen LogP contribution in [-0.4, -0.2) is 70.7 Å². The maximum Gasteiger partial charge on any atom is 0.310 e. The van der Waals surface area contributed by atoms with Gasteiger partial charge in [-0.2, -0.15) is 0 Å². The van der Waals surface area contributed by atoms with Crippen molar-refractivity contribution in [2.24, 2.45) is 0 Å². The van der Waals surface area contributed by atoms with E-state index in [1.165, 1.54) is 32.1 Å². The number of phosphoric ester groups is 1. The van der Waals surface area contributed by atoms with Crippen LogP contribution in [0.1, 0.15) is 142 Å². The molecule has 0 radical (unpaired) electrons. The molecular formula is C52H86NO7P. The molecule has 0 aromatic rings. The lowest BCUT2D eigenvalue weighted by Gasteiger charge is -2.28. The molecule has 9 heteroatoms. The van der Waals surface area contributed by atoms with Gasteiger partial charge in [-0.25, -0.2) is 0 Å². The molecule has 0 aromatic heterocycles. The van der Waals surface area contributed by atoms with E-state index < -0.39 is 19.9 Å². The van der Waals surface area contributed by atoms with Gasteiger partial charge in [0.1, 0.15) is 19.3 Å². The number of unbranched alkanes of at least 4 members (excludes halogenated alkanes) is 8. The molecule has 0 amide bonds. The van der Waals surface area contributed by atoms with Crippen LogP contribution in [0.4, 0.5) is 0 Å². The number of hydrogen-bond acceptors (Lipinski definition) is 7. The van der Waals surface area contributed by atoms with Gasteiger partial charge in [0.05, 0.1) is 40.8 Å². The normalized spacial score (nSPS) is 14.8. The summed E-state index contributed by atoms with van der Waals surface area (Å²) in [5, 5.41) is 0. The summed E-state index contributed by atoms with van der Waals surface area (Å²) in [5.74, 6) is -0.469. The molecule has 61 heavy (non-hydrogen) atoms. The SMILES string of the molecule is CC/C=C\C/C=C\C/C=C\C/C=C\C/C=C\CCCCCCCCCCOCC(COP(=O)([O-])OCC[N+](C)(C)C)OC(=O)C/C=C\C/C=C\C/C=C\C/C=C\C/C=C\CC. The molecule has 0 fully saturated rings. The second kappa shape index (κ2) is 43.5. The molecule has 0 saturated carbocycles. The predicted octanol–water partition coefficient (Wildman–Crippen LogP) is 13.5. The van der Waals surface area contributed by atoms with Crippen LogP contribution in [0.3, 0.4) is 0 Å². The van der Waals surface area contributed by atoms with Crippen LogP contribution in [0.25, 0.3) is 0 Å². The summed E-state index contributed by atoms with van der Waals surface area (Å²) >= 11 is 0. The average molecular weight is 868 g/mol. The van der Waals surface area contributed by atoms with Crippen molar-refractivity contribution >= 4 is 13.8 Å². The van der Waals surface area contributed by atoms with Gasteiger partial charge < -0.3 is 27.9 Å². The van der Waals surface area contributed by atoms with Crippen molar-refractivity contribution in [1.82, 2.24) is 0 Å². The molecule has 0 heterocycles. The Bertz CT molecular complexity index is 1380. The number of likely N-dealkylation sites (N-methyl/N-ethyl adjacent to an activating group) is 1. The van der Waals surface area contributed by atoms with Gasteiger partial charge in [-0.05, 0) is 83.5 Å². The first-order chi connectivity index (χ1) is 29.6. The first kappa shape index (κ1) is 57.9. The third-order valence-electron chi connectivity index (χ3n) is 9.04. The van der Waals surface area contributed by atoms with E-state index in [0.29, 0.717) is 24.1 Å². The highest BCUT2D eigenvalue weighted by Gasteiger charge is 2.20. The van der Waals surface area contributed by atoms with E-state index in [-0.39, 0.29) is 26.2 Å². The van der Waals surface area contributed by atoms with Crippen molar-refractivity contribution < 1.29 is 37.3 Å². The number of rotatable bonds is 41. The van der Waals surface area contributed by atoms with Gasteiger partial charge in [0.25, 0.3) is 7.82 Å². The average Bonchev–Trinajstić information content (AvgIpc) is 3.22. The van der Waals surface area contributed by atoms with Crippen molar-refractivity contribution in [2.45, 2.75) is 148 Å². The Morgan fingerprint density at radius 1 is 0.508 bits per heavy atom. The summed E-state index contributed by atoms with van der Waals surface area (Å²) in [6.45, 7) is 4.99. The summed E-state index contributed by atoms with van der Waals surface area (Å²) in [6, 6.07) is 0. The first-order valence-electron chi connectivity index (χ1n) is 23.3. The zero-order valence-corrected chi connectivity index (χ0v) is 39.9. The molecule has 0 aliphatic heterocycles. The predicted molar refractivity (Wildman–Crippen MR) is 258 cm³/mol. The van der Waals surface area contributed by atoms with E-state index in [1.54, 1.807) is 6.08 Å². The number of carbonyl (C=O) groups is 1. The summed E-state index contributed by atoms with van der Waals surface area (Å²) in [5.41, 5.74) is 0. The molecule has 0 spiro atoms. The summed E-state index contributed by atoms with van der Waals surface area (Å²) < 4.78 is 34.5. The monoisotopic (exact) mass is 868 g/mol. The van der Waals surface area contributed by atoms with Crippen LogP contribution >= 0.6 is 7.82 Å². The van der Waals surface area contributed by atoms with Crippen molar-refractivity contribution in [1.29, 1.82) is 0 Å². The standard InChI is InChI=1S/C52H86NO7P/c1-6-8-10-12-14-16-18-20-22-23-24-25-26-27-28-29-30-32-34-36-38-40-42-44-47-57-49-51(50-59-61(55,56)58-48-46-53(3,4)5)60-52(54)45-43-41-39-37-35-33-31-21-19-17-15-13-11-9-7-2/h8-11,14-17,20-22,24-25,27-28,31,35,37,41,43,51H,6-7,12-13,18-19,23,26,29-30,32-34,36,38-40,42,44-50H2,1-5H3/b10-8-,11-9-,16-14-,17-15-,22-20-,25-24-,28-27-,31-21-,37-35-,43-41-. The van der Waals surface area contributed by atoms with Gasteiger partial charge in [0.2, 0.25) is 0 Å². The molecule has 0 saturated heterocycles. The molecule has 0 N–H and O–H groups in total. The smallest absolute Gasteiger partial charge is 0.310 e. The number of allylic oxidation sites excluding steroid dienone is 19. The molecule has 0 rings (SSSR count). The van der Waals surface area contributed by atoms with Crippen molar-refractivity contribution in [3.63, 3.8) is 0 Å². The number of carbonyl (C=O) groups excluding carboxylic acids is 1. The minimum absolute atomic E-state index is 0.000404. The van der Waals surface area contributed by atoms with Crippen LogP contribution in [0.5, 0.6) is 0 Å². The third-order valence-corrected chi connectivity index (χ3v) is 10.0. The molecule has 8 nitrogen and oxygen atoms in total. The van der Waals surface area contributed by atoms with Gasteiger partial charge in [-0.3, -0.25) is 9.36 Å². The molecule has 2 unspecified atom stereocenters. The van der Waals surface area contributed by atoms with Crippen molar-refractivity contribution in [3.8, 4) is 0 Å². The summed E-state index contributed by atoms with van der Waals surface area (Å²) in [4.78, 5) is 25.0. The zero-order valence-electron chi connectivity index (χ0n) is 39.1. The second-order valence-corrected chi connectivity index (χ2v) is 17.4. The Morgan fingerprint density at radius 3 is 1.34 bits per heavy atom. The molecule has 2 atom stereocenters. The maximum atomic E-state index is 12.6. The quantitative estimate of drug-likeness (QED) is 0.0199. The van der Waals surface area contributed by atoms with E-state index in [9.17, 15) is 14.3 Å². The lowest BCUT2D eigenvalue weighted by Crippen LogP contribution is -2.37. The topological polar surface area (TPSA) is 94.1 Å². The van der Waals surface area contributed by atoms with E-state index in [4.69, 9.17) is 18.5 Å². The van der Waals surface area contributed by atoms with Gasteiger partial charge >= 0.3 is 5.97 Å². The van der Waals surface area contributed by atoms with E-state index in [0.717, 1.165) is 83.5 Å². The fraction of sp³-hybridized carbons (Fsp3) is 0.596. The van der Waals surface area contributed by atoms with Crippen molar-refractivity contribution in [2.75, 3.05) is 54.1 Å². The van der Waals surface area contributed by atoms with Crippen molar-refractivity contribution in [3.05, 3.63) is 122 Å². The Kier molecular flexibility index (Phi) is 41.3. The number of ether oxygens (including phenoxy) is 2. The third kappa shape index (κ3) is 47.8. The van der Waals surface area contributed by atoms with Crippen LogP contribution in [0.2, 0.25) is 0 Å². The lowest BCUT2D eigenvalue weighted by molar-refractivity contribution is -0.870. The Morgan fingerprint density at radius 2 is 0.902 bits per heavy atom. The number of phosphoric acid groups is 1. The minimum Gasteiger partial charge on any atom is -0.756 e. The second-order valence-electron chi connectivity index (χ2n) is 16.0. The minimum atomic E-state index is -4.56. The van der Waals surface area contributed by atoms with Crippen LogP contribution in [0.15, 0.2) is 122 Å². The number of hydrogen-bond donors (Lipinski definition) is 0. The van der Waals surface area contributed by atoms with Gasteiger partial charge in [-0.1, -0.05) is 174 Å². The van der Waals surface area contributed by atoms with E-state index in [1.807, 2.05) is 27.2 Å². The first-order valence-corrected chi connectivity index (χ1v) is 24.7. The van der Waals surface area contributed by atoms with Gasteiger partial charge in [0.15, 0.2) is 0 Å². The molecule has 0 bridgehead atoms. The molecule has 346 valence electrons.